The van der Waals surface area contributed by atoms with Crippen LogP contribution in [0.15, 0.2) is 0 Å². The van der Waals surface area contributed by atoms with Crippen molar-refractivity contribution < 1.29 is 4.74 Å². The second-order valence-electron chi connectivity index (χ2n) is 4.71. The Labute approximate surface area is 102 Å². The third-order valence-corrected chi connectivity index (χ3v) is 2.80. The van der Waals surface area contributed by atoms with Gasteiger partial charge in [-0.1, -0.05) is 20.8 Å². The zero-order chi connectivity index (χ0) is 12.2. The number of ether oxygens (including phenoxy) is 1. The van der Waals surface area contributed by atoms with E-state index in [1.54, 1.807) is 7.11 Å². The average Bonchev–Trinajstić information content (AvgIpc) is 2.26. The van der Waals surface area contributed by atoms with Crippen molar-refractivity contribution in [2.75, 3.05) is 46.4 Å². The Hall–Kier alpha value is -0.120. The largest absolute Gasteiger partial charge is 0.383 e. The smallest absolute Gasteiger partial charge is 0.0589 e. The SMILES string of the molecule is CCN(CCNCCCC(C)C)CCOC. The number of hydrogen-bond donors (Lipinski definition) is 1. The standard InChI is InChI=1S/C13H30N2O/c1-5-15(11-12-16-4)10-9-14-8-6-7-13(2)3/h13-14H,5-12H2,1-4H3. The quantitative estimate of drug-likeness (QED) is 0.549. The molecule has 0 heterocycles. The lowest BCUT2D eigenvalue weighted by atomic mass is 10.1. The lowest BCUT2D eigenvalue weighted by Gasteiger charge is -2.20. The normalized spacial score (nSPS) is 11.6. The summed E-state index contributed by atoms with van der Waals surface area (Å²) in [6.07, 6.45) is 2.62. The maximum absolute atomic E-state index is 5.08. The zero-order valence-electron chi connectivity index (χ0n) is 11.6. The number of likely N-dealkylation sites (N-methyl/N-ethyl adjacent to an activating group) is 1. The fourth-order valence-corrected chi connectivity index (χ4v) is 1.65. The van der Waals surface area contributed by atoms with Crippen LogP contribution in [0.3, 0.4) is 0 Å². The van der Waals surface area contributed by atoms with Crippen molar-refractivity contribution in [2.24, 2.45) is 5.92 Å². The number of methoxy groups -OCH3 is 1. The minimum atomic E-state index is 0.829. The van der Waals surface area contributed by atoms with Crippen LogP contribution in [0.1, 0.15) is 33.6 Å². The highest BCUT2D eigenvalue weighted by molar-refractivity contribution is 4.58. The molecule has 0 amide bonds. The molecule has 0 saturated carbocycles. The van der Waals surface area contributed by atoms with Gasteiger partial charge < -0.3 is 15.0 Å². The Morgan fingerprint density at radius 1 is 1.19 bits per heavy atom. The van der Waals surface area contributed by atoms with Gasteiger partial charge >= 0.3 is 0 Å². The molecule has 0 aliphatic heterocycles. The molecule has 0 aliphatic carbocycles. The van der Waals surface area contributed by atoms with Gasteiger partial charge in [0.15, 0.2) is 0 Å². The molecule has 0 fully saturated rings. The van der Waals surface area contributed by atoms with Crippen molar-refractivity contribution in [3.05, 3.63) is 0 Å². The predicted octanol–water partition coefficient (Wildman–Crippen LogP) is 1.98. The van der Waals surface area contributed by atoms with E-state index >= 15 is 0 Å². The van der Waals surface area contributed by atoms with Gasteiger partial charge in [0.2, 0.25) is 0 Å². The van der Waals surface area contributed by atoms with Crippen LogP contribution in [0.5, 0.6) is 0 Å². The third-order valence-electron chi connectivity index (χ3n) is 2.80. The van der Waals surface area contributed by atoms with E-state index in [9.17, 15) is 0 Å². The lowest BCUT2D eigenvalue weighted by Crippen LogP contribution is -2.34. The van der Waals surface area contributed by atoms with Crippen LogP contribution in [0.25, 0.3) is 0 Å². The molecule has 0 aromatic heterocycles. The van der Waals surface area contributed by atoms with Gasteiger partial charge in [0.05, 0.1) is 6.61 Å². The summed E-state index contributed by atoms with van der Waals surface area (Å²) >= 11 is 0. The highest BCUT2D eigenvalue weighted by Gasteiger charge is 2.00. The number of nitrogens with zero attached hydrogens (tertiary/aromatic N) is 1. The molecule has 1 N–H and O–H groups in total. The summed E-state index contributed by atoms with van der Waals surface area (Å²) in [5.41, 5.74) is 0. The van der Waals surface area contributed by atoms with Gasteiger partial charge in [0, 0.05) is 26.7 Å². The maximum Gasteiger partial charge on any atom is 0.0589 e. The molecule has 0 aliphatic rings. The zero-order valence-corrected chi connectivity index (χ0v) is 11.6. The van der Waals surface area contributed by atoms with E-state index in [0.29, 0.717) is 0 Å². The van der Waals surface area contributed by atoms with Gasteiger partial charge in [-0.3, -0.25) is 0 Å². The summed E-state index contributed by atoms with van der Waals surface area (Å²) < 4.78 is 5.08. The molecule has 0 atom stereocenters. The first kappa shape index (κ1) is 15.9. The first-order chi connectivity index (χ1) is 7.70. The van der Waals surface area contributed by atoms with Gasteiger partial charge in [-0.25, -0.2) is 0 Å². The first-order valence-corrected chi connectivity index (χ1v) is 6.62. The number of hydrogen-bond acceptors (Lipinski definition) is 3. The molecule has 0 spiro atoms. The van der Waals surface area contributed by atoms with Crippen LogP contribution in [0.2, 0.25) is 0 Å². The van der Waals surface area contributed by atoms with Crippen LogP contribution < -0.4 is 5.32 Å². The van der Waals surface area contributed by atoms with Crippen LogP contribution >= 0.6 is 0 Å². The van der Waals surface area contributed by atoms with Crippen LogP contribution in [-0.4, -0.2) is 51.3 Å². The van der Waals surface area contributed by atoms with Crippen LogP contribution in [0.4, 0.5) is 0 Å². The van der Waals surface area contributed by atoms with Crippen molar-refractivity contribution in [1.82, 2.24) is 10.2 Å². The second-order valence-corrected chi connectivity index (χ2v) is 4.71. The van der Waals surface area contributed by atoms with E-state index in [-0.39, 0.29) is 0 Å². The minimum Gasteiger partial charge on any atom is -0.383 e. The van der Waals surface area contributed by atoms with Gasteiger partial charge in [0.1, 0.15) is 0 Å². The molecular weight excluding hydrogens is 200 g/mol. The maximum atomic E-state index is 5.08. The highest BCUT2D eigenvalue weighted by atomic mass is 16.5. The van der Waals surface area contributed by atoms with Crippen molar-refractivity contribution in [3.8, 4) is 0 Å². The summed E-state index contributed by atoms with van der Waals surface area (Å²) in [4.78, 5) is 2.42. The van der Waals surface area contributed by atoms with Gasteiger partial charge in [0.25, 0.3) is 0 Å². The van der Waals surface area contributed by atoms with E-state index in [4.69, 9.17) is 4.74 Å². The summed E-state index contributed by atoms with van der Waals surface area (Å²) in [5.74, 6) is 0.829. The lowest BCUT2D eigenvalue weighted by molar-refractivity contribution is 0.151. The van der Waals surface area contributed by atoms with Crippen molar-refractivity contribution in [1.29, 1.82) is 0 Å². The van der Waals surface area contributed by atoms with Crippen LogP contribution in [-0.2, 0) is 4.74 Å². The second kappa shape index (κ2) is 11.4. The molecule has 0 unspecified atom stereocenters. The molecular formula is C13H30N2O. The first-order valence-electron chi connectivity index (χ1n) is 6.62. The summed E-state index contributed by atoms with van der Waals surface area (Å²) in [6, 6.07) is 0. The molecule has 98 valence electrons. The Balaban J connectivity index is 3.27. The molecule has 3 heteroatoms. The Morgan fingerprint density at radius 2 is 1.94 bits per heavy atom. The van der Waals surface area contributed by atoms with Crippen molar-refractivity contribution >= 4 is 0 Å². The van der Waals surface area contributed by atoms with Crippen LogP contribution in [0, 0.1) is 5.92 Å². The monoisotopic (exact) mass is 230 g/mol. The number of rotatable bonds is 11. The Bertz CT molecular complexity index is 140. The molecule has 0 rings (SSSR count). The van der Waals surface area contributed by atoms with E-state index in [1.165, 1.54) is 12.8 Å². The van der Waals surface area contributed by atoms with E-state index in [2.05, 4.69) is 31.0 Å². The summed E-state index contributed by atoms with van der Waals surface area (Å²) in [6.45, 7) is 13.1. The Kier molecular flexibility index (Phi) is 11.3. The van der Waals surface area contributed by atoms with E-state index in [1.807, 2.05) is 0 Å². The van der Waals surface area contributed by atoms with Gasteiger partial charge in [-0.15, -0.1) is 0 Å². The van der Waals surface area contributed by atoms with Gasteiger partial charge in [-0.2, -0.15) is 0 Å². The molecule has 3 nitrogen and oxygen atoms in total. The third kappa shape index (κ3) is 10.4. The molecule has 0 aromatic carbocycles. The molecule has 0 radical (unpaired) electrons. The highest BCUT2D eigenvalue weighted by Crippen LogP contribution is 2.01. The molecule has 0 saturated heterocycles. The number of nitrogens with one attached hydrogen (secondary N) is 1. The van der Waals surface area contributed by atoms with Gasteiger partial charge in [-0.05, 0) is 31.8 Å². The average molecular weight is 230 g/mol. The summed E-state index contributed by atoms with van der Waals surface area (Å²) in [5, 5.41) is 3.50. The van der Waals surface area contributed by atoms with Crippen molar-refractivity contribution in [2.45, 2.75) is 33.6 Å². The minimum absolute atomic E-state index is 0.829. The van der Waals surface area contributed by atoms with Crippen molar-refractivity contribution in [3.63, 3.8) is 0 Å². The predicted molar refractivity (Wildman–Crippen MR) is 70.9 cm³/mol. The topological polar surface area (TPSA) is 24.5 Å². The molecule has 16 heavy (non-hydrogen) atoms. The Morgan fingerprint density at radius 3 is 2.50 bits per heavy atom. The van der Waals surface area contributed by atoms with E-state index < -0.39 is 0 Å². The fraction of sp³-hybridized carbons (Fsp3) is 1.00. The summed E-state index contributed by atoms with van der Waals surface area (Å²) in [7, 11) is 1.76. The fourth-order valence-electron chi connectivity index (χ4n) is 1.65. The molecule has 0 aromatic rings. The van der Waals surface area contributed by atoms with E-state index in [0.717, 1.165) is 45.2 Å². The molecule has 0 bridgehead atoms.